The second-order valence-electron chi connectivity index (χ2n) is 8.85. The maximum atomic E-state index is 6.26. The summed E-state index contributed by atoms with van der Waals surface area (Å²) in [5.41, 5.74) is 14.4. The summed E-state index contributed by atoms with van der Waals surface area (Å²) < 4.78 is 0. The van der Waals surface area contributed by atoms with E-state index in [1.165, 1.54) is 22.3 Å². The Hall–Kier alpha value is -2.43. The molecule has 0 saturated carbocycles. The number of hydrogen-bond donors (Lipinski definition) is 3. The van der Waals surface area contributed by atoms with Gasteiger partial charge in [0.05, 0.1) is 11.7 Å². The van der Waals surface area contributed by atoms with E-state index in [0.29, 0.717) is 6.04 Å². The van der Waals surface area contributed by atoms with Gasteiger partial charge in [-0.15, -0.1) is 0 Å². The molecule has 0 radical (unpaired) electrons. The van der Waals surface area contributed by atoms with Crippen molar-refractivity contribution in [1.82, 2.24) is 10.2 Å². The smallest absolute Gasteiger partial charge is 0.0605 e. The van der Waals surface area contributed by atoms with Crippen LogP contribution in [0.4, 0.5) is 5.69 Å². The molecule has 0 aliphatic carbocycles. The molecule has 0 bridgehead atoms. The van der Waals surface area contributed by atoms with Gasteiger partial charge in [0.2, 0.25) is 0 Å². The third-order valence-electron chi connectivity index (χ3n) is 6.33. The van der Waals surface area contributed by atoms with E-state index in [9.17, 15) is 0 Å². The van der Waals surface area contributed by atoms with Crippen LogP contribution in [0.5, 0.6) is 0 Å². The number of fused-ring (bicyclic) bond motifs is 1. The lowest BCUT2D eigenvalue weighted by atomic mass is 9.90. The predicted molar refractivity (Wildman–Crippen MR) is 133 cm³/mol. The van der Waals surface area contributed by atoms with Crippen LogP contribution >= 0.6 is 11.6 Å². The molecule has 0 fully saturated rings. The van der Waals surface area contributed by atoms with Crippen molar-refractivity contribution in [2.75, 3.05) is 25.0 Å². The summed E-state index contributed by atoms with van der Waals surface area (Å²) in [6, 6.07) is 15.6. The van der Waals surface area contributed by atoms with Crippen molar-refractivity contribution in [2.45, 2.75) is 45.7 Å². The summed E-state index contributed by atoms with van der Waals surface area (Å²) in [4.78, 5) is 2.51. The number of rotatable bonds is 4. The fourth-order valence-corrected chi connectivity index (χ4v) is 4.76. The molecule has 0 aromatic heterocycles. The molecule has 4 N–H and O–H groups in total. The first-order valence-corrected chi connectivity index (χ1v) is 11.6. The predicted octanol–water partition coefficient (Wildman–Crippen LogP) is 5.63. The molecule has 0 spiro atoms. The molecule has 5 heteroatoms. The summed E-state index contributed by atoms with van der Waals surface area (Å²) in [7, 11) is 0. The van der Waals surface area contributed by atoms with E-state index in [2.05, 4.69) is 59.7 Å². The standard InChI is InChI=1S/C26H33ClN4/c1-17(2)31-13-10-19(11-14-31)20-7-8-23-24(15-20)25(9-12-29-26(23)18(3)28)30-22-6-4-5-21(27)16-22/h4-8,10,15-17,25,29-30H,9,11-14,28H2,1-3H3/b26-18-. The zero-order valence-electron chi connectivity index (χ0n) is 18.7. The van der Waals surface area contributed by atoms with E-state index in [0.717, 1.165) is 54.6 Å². The monoisotopic (exact) mass is 436 g/mol. The molecule has 4 rings (SSSR count). The summed E-state index contributed by atoms with van der Waals surface area (Å²) in [6.45, 7) is 9.49. The van der Waals surface area contributed by atoms with E-state index in [1.807, 2.05) is 25.1 Å². The molecular formula is C26H33ClN4. The molecule has 1 unspecified atom stereocenters. The molecule has 164 valence electrons. The Bertz CT molecular complexity index is 1000. The molecule has 2 heterocycles. The minimum Gasteiger partial charge on any atom is -0.401 e. The van der Waals surface area contributed by atoms with Crippen LogP contribution in [0.3, 0.4) is 0 Å². The first kappa shape index (κ1) is 21.8. The van der Waals surface area contributed by atoms with Gasteiger partial charge in [0.15, 0.2) is 0 Å². The highest BCUT2D eigenvalue weighted by Crippen LogP contribution is 2.35. The first-order valence-electron chi connectivity index (χ1n) is 11.2. The fraction of sp³-hybridized carbons (Fsp3) is 0.385. The van der Waals surface area contributed by atoms with Gasteiger partial charge in [-0.2, -0.15) is 0 Å². The second kappa shape index (κ2) is 9.37. The molecular weight excluding hydrogens is 404 g/mol. The van der Waals surface area contributed by atoms with Crippen LogP contribution in [-0.2, 0) is 0 Å². The molecule has 1 atom stereocenters. The Morgan fingerprint density at radius 2 is 2.06 bits per heavy atom. The van der Waals surface area contributed by atoms with Crippen LogP contribution < -0.4 is 16.4 Å². The molecule has 2 aliphatic heterocycles. The number of nitrogens with one attached hydrogen (secondary N) is 2. The summed E-state index contributed by atoms with van der Waals surface area (Å²) in [5, 5.41) is 8.00. The van der Waals surface area contributed by atoms with Crippen molar-refractivity contribution in [1.29, 1.82) is 0 Å². The van der Waals surface area contributed by atoms with E-state index < -0.39 is 0 Å². The van der Waals surface area contributed by atoms with Crippen LogP contribution in [-0.4, -0.2) is 30.6 Å². The lowest BCUT2D eigenvalue weighted by molar-refractivity contribution is 0.245. The number of nitrogens with two attached hydrogens (primary N) is 1. The molecule has 31 heavy (non-hydrogen) atoms. The maximum absolute atomic E-state index is 6.26. The van der Waals surface area contributed by atoms with Gasteiger partial charge < -0.3 is 16.4 Å². The van der Waals surface area contributed by atoms with E-state index in [4.69, 9.17) is 17.3 Å². The average Bonchev–Trinajstić information content (AvgIpc) is 2.93. The van der Waals surface area contributed by atoms with Crippen molar-refractivity contribution in [3.05, 3.63) is 76.0 Å². The van der Waals surface area contributed by atoms with Gasteiger partial charge in [0.25, 0.3) is 0 Å². The lowest BCUT2D eigenvalue weighted by Gasteiger charge is -2.30. The third-order valence-corrected chi connectivity index (χ3v) is 6.57. The number of allylic oxidation sites excluding steroid dienone is 1. The van der Waals surface area contributed by atoms with Crippen LogP contribution in [0.2, 0.25) is 5.02 Å². The fourth-order valence-electron chi connectivity index (χ4n) is 4.57. The Balaban J connectivity index is 1.71. The lowest BCUT2D eigenvalue weighted by Crippen LogP contribution is -2.34. The Morgan fingerprint density at radius 3 is 2.74 bits per heavy atom. The normalized spacial score (nSPS) is 21.1. The van der Waals surface area contributed by atoms with Crippen molar-refractivity contribution in [3.63, 3.8) is 0 Å². The third kappa shape index (κ3) is 4.91. The van der Waals surface area contributed by atoms with Gasteiger partial charge in [-0.25, -0.2) is 0 Å². The Morgan fingerprint density at radius 1 is 1.23 bits per heavy atom. The van der Waals surface area contributed by atoms with Crippen molar-refractivity contribution in [3.8, 4) is 0 Å². The number of anilines is 1. The number of halogens is 1. The van der Waals surface area contributed by atoms with E-state index in [-0.39, 0.29) is 6.04 Å². The highest BCUT2D eigenvalue weighted by Gasteiger charge is 2.24. The molecule has 2 aromatic rings. The first-order chi connectivity index (χ1) is 14.9. The zero-order valence-corrected chi connectivity index (χ0v) is 19.5. The SMILES string of the molecule is C/C(N)=C1/NCCC(Nc2cccc(Cl)c2)c2cc(C3=CCN(C(C)C)CC3)ccc21. The second-order valence-corrected chi connectivity index (χ2v) is 9.29. The number of nitrogens with zero attached hydrogens (tertiary/aromatic N) is 1. The van der Waals surface area contributed by atoms with Gasteiger partial charge in [0.1, 0.15) is 0 Å². The minimum atomic E-state index is 0.175. The van der Waals surface area contributed by atoms with Crippen LogP contribution in [0.25, 0.3) is 11.3 Å². The topological polar surface area (TPSA) is 53.3 Å². The molecule has 2 aromatic carbocycles. The summed E-state index contributed by atoms with van der Waals surface area (Å²) in [5.74, 6) is 0. The van der Waals surface area contributed by atoms with Gasteiger partial charge in [-0.1, -0.05) is 35.9 Å². The van der Waals surface area contributed by atoms with Gasteiger partial charge in [-0.3, -0.25) is 4.90 Å². The largest absolute Gasteiger partial charge is 0.401 e. The van der Waals surface area contributed by atoms with Crippen molar-refractivity contribution >= 4 is 28.6 Å². The van der Waals surface area contributed by atoms with Crippen LogP contribution in [0.15, 0.2) is 54.2 Å². The Labute approximate surface area is 191 Å². The number of hydrogen-bond acceptors (Lipinski definition) is 4. The maximum Gasteiger partial charge on any atom is 0.0605 e. The molecule has 2 aliphatic rings. The average molecular weight is 437 g/mol. The van der Waals surface area contributed by atoms with E-state index >= 15 is 0 Å². The minimum absolute atomic E-state index is 0.175. The van der Waals surface area contributed by atoms with Gasteiger partial charge >= 0.3 is 0 Å². The van der Waals surface area contributed by atoms with Crippen molar-refractivity contribution < 1.29 is 0 Å². The Kier molecular flexibility index (Phi) is 6.59. The van der Waals surface area contributed by atoms with Crippen molar-refractivity contribution in [2.24, 2.45) is 5.73 Å². The highest BCUT2D eigenvalue weighted by atomic mass is 35.5. The van der Waals surface area contributed by atoms with Crippen LogP contribution in [0.1, 0.15) is 56.3 Å². The summed E-state index contributed by atoms with van der Waals surface area (Å²) in [6.07, 6.45) is 4.44. The highest BCUT2D eigenvalue weighted by molar-refractivity contribution is 6.30. The number of benzene rings is 2. The quantitative estimate of drug-likeness (QED) is 0.581. The van der Waals surface area contributed by atoms with E-state index in [1.54, 1.807) is 0 Å². The zero-order chi connectivity index (χ0) is 22.0. The van der Waals surface area contributed by atoms with Gasteiger partial charge in [-0.05, 0) is 74.6 Å². The molecule has 0 amide bonds. The molecule has 4 nitrogen and oxygen atoms in total. The summed E-state index contributed by atoms with van der Waals surface area (Å²) >= 11 is 6.23. The molecule has 0 saturated heterocycles. The van der Waals surface area contributed by atoms with Crippen LogP contribution in [0, 0.1) is 0 Å². The van der Waals surface area contributed by atoms with Gasteiger partial charge in [0, 0.05) is 47.6 Å².